The molecule has 0 amide bonds. The monoisotopic (exact) mass is 394 g/mol. The molecular weight excluding hydrogens is 375 g/mol. The number of hydrogen-bond acceptors (Lipinski definition) is 2. The molecule has 0 N–H and O–H groups in total. The Kier molecular flexibility index (Phi) is 4.44. The van der Waals surface area contributed by atoms with E-state index in [0.717, 1.165) is 5.56 Å². The second kappa shape index (κ2) is 6.87. The topological polar surface area (TPSA) is 26.3 Å². The van der Waals surface area contributed by atoms with Crippen LogP contribution in [0.1, 0.15) is 17.0 Å². The van der Waals surface area contributed by atoms with Gasteiger partial charge in [-0.25, -0.2) is 0 Å². The Balaban J connectivity index is 1.76. The molecule has 25 heavy (non-hydrogen) atoms. The van der Waals surface area contributed by atoms with Crippen LogP contribution in [0.15, 0.2) is 78.9 Å². The van der Waals surface area contributed by atoms with Gasteiger partial charge in [-0.05, 0) is 0 Å². The van der Waals surface area contributed by atoms with Crippen LogP contribution in [0.4, 0.5) is 0 Å². The Morgan fingerprint density at radius 1 is 0.800 bits per heavy atom. The molecule has 3 aromatic rings. The van der Waals surface area contributed by atoms with Crippen molar-refractivity contribution in [2.45, 2.75) is 16.6 Å². The predicted octanol–water partition coefficient (Wildman–Crippen LogP) is 4.95. The van der Waals surface area contributed by atoms with Gasteiger partial charge < -0.3 is 0 Å². The first-order valence-corrected chi connectivity index (χ1v) is 11.0. The molecule has 0 fully saturated rings. The molecule has 1 aliphatic heterocycles. The van der Waals surface area contributed by atoms with Crippen LogP contribution < -0.4 is 4.74 Å². The number of ether oxygens (including phenoxy) is 1. The van der Waals surface area contributed by atoms with Gasteiger partial charge in [-0.15, -0.1) is 0 Å². The maximum atomic E-state index is 12.5. The first-order chi connectivity index (χ1) is 12.3. The number of benzene rings is 3. The molecule has 1 aliphatic rings. The molecule has 0 aliphatic carbocycles. The van der Waals surface area contributed by atoms with Gasteiger partial charge in [0.1, 0.15) is 0 Å². The average molecular weight is 393 g/mol. The van der Waals surface area contributed by atoms with E-state index in [0.29, 0.717) is 5.75 Å². The molecular formula is C22H18O2Se. The number of para-hydroxylation sites is 1. The molecule has 0 radical (unpaired) electrons. The minimum absolute atomic E-state index is 0.0762. The van der Waals surface area contributed by atoms with Crippen molar-refractivity contribution in [2.75, 3.05) is 0 Å². The van der Waals surface area contributed by atoms with Crippen LogP contribution in [0.2, 0.25) is 10.6 Å². The zero-order chi connectivity index (χ0) is 17.2. The van der Waals surface area contributed by atoms with Gasteiger partial charge in [0.2, 0.25) is 0 Å². The molecule has 2 nitrogen and oxygen atoms in total. The summed E-state index contributed by atoms with van der Waals surface area (Å²) in [5.41, 5.74) is 4.68. The molecule has 0 saturated carbocycles. The molecule has 0 aromatic heterocycles. The maximum absolute atomic E-state index is 12.5. The fraction of sp³-hybridized carbons (Fsp3) is 0.136. The van der Waals surface area contributed by atoms with E-state index in [1.54, 1.807) is 0 Å². The van der Waals surface area contributed by atoms with Crippen molar-refractivity contribution >= 4 is 20.9 Å². The van der Waals surface area contributed by atoms with Crippen LogP contribution in [0.3, 0.4) is 0 Å². The molecule has 4 rings (SSSR count). The number of carbonyl (C=O) groups excluding carboxylic acids is 1. The number of hydrogen-bond donors (Lipinski definition) is 0. The van der Waals surface area contributed by atoms with Crippen LogP contribution in [0.5, 0.6) is 5.75 Å². The SMILES string of the molecule is C[Se][C@@H]1C(=O)Oc2ccccc2[C@H]1c1ccc(-c2ccccc2)cc1. The summed E-state index contributed by atoms with van der Waals surface area (Å²) in [7, 11) is 0. The zero-order valence-corrected chi connectivity index (χ0v) is 15.6. The summed E-state index contributed by atoms with van der Waals surface area (Å²) in [6.45, 7) is 0. The second-order valence-corrected chi connectivity index (χ2v) is 8.14. The van der Waals surface area contributed by atoms with E-state index in [2.05, 4.69) is 48.3 Å². The normalized spacial score (nSPS) is 19.2. The number of carbonyl (C=O) groups is 1. The molecule has 124 valence electrons. The molecule has 0 spiro atoms. The van der Waals surface area contributed by atoms with Gasteiger partial charge >= 0.3 is 154 Å². The van der Waals surface area contributed by atoms with Crippen LogP contribution in [0.25, 0.3) is 11.1 Å². The standard InChI is InChI=1S/C22H18O2Se/c1-25-21-20(18-9-5-6-10-19(18)24-22(21)23)17-13-11-16(12-14-17)15-7-3-2-4-8-15/h2-14,20-21H,1H3/t20-,21+/m1/s1. The van der Waals surface area contributed by atoms with Gasteiger partial charge in [-0.3, -0.25) is 0 Å². The average Bonchev–Trinajstić information content (AvgIpc) is 2.68. The Morgan fingerprint density at radius 2 is 1.44 bits per heavy atom. The summed E-state index contributed by atoms with van der Waals surface area (Å²) in [5.74, 6) is 2.79. The number of esters is 1. The summed E-state index contributed by atoms with van der Waals surface area (Å²) in [4.78, 5) is 12.4. The third-order valence-corrected chi connectivity index (χ3v) is 6.67. The van der Waals surface area contributed by atoms with E-state index >= 15 is 0 Å². The molecule has 0 saturated heterocycles. The van der Waals surface area contributed by atoms with Gasteiger partial charge in [-0.1, -0.05) is 0 Å². The van der Waals surface area contributed by atoms with Crippen molar-refractivity contribution in [3.05, 3.63) is 90.0 Å². The molecule has 2 atom stereocenters. The van der Waals surface area contributed by atoms with Crippen LogP contribution in [-0.4, -0.2) is 20.9 Å². The Labute approximate surface area is 154 Å². The summed E-state index contributed by atoms with van der Waals surface area (Å²) in [6.07, 6.45) is 0. The van der Waals surface area contributed by atoms with E-state index in [1.165, 1.54) is 16.7 Å². The van der Waals surface area contributed by atoms with Crippen LogP contribution in [-0.2, 0) is 4.79 Å². The zero-order valence-electron chi connectivity index (χ0n) is 13.9. The van der Waals surface area contributed by atoms with Crippen molar-refractivity contribution in [1.82, 2.24) is 0 Å². The number of fused-ring (bicyclic) bond motifs is 1. The van der Waals surface area contributed by atoms with Crippen molar-refractivity contribution in [1.29, 1.82) is 0 Å². The second-order valence-electron chi connectivity index (χ2n) is 6.08. The Hall–Kier alpha value is -2.35. The summed E-state index contributed by atoms with van der Waals surface area (Å²) >= 11 is 0.174. The van der Waals surface area contributed by atoms with Gasteiger partial charge in [-0.2, -0.15) is 0 Å². The Morgan fingerprint density at radius 3 is 2.16 bits per heavy atom. The van der Waals surface area contributed by atoms with E-state index in [1.807, 2.05) is 36.4 Å². The van der Waals surface area contributed by atoms with Crippen molar-refractivity contribution < 1.29 is 9.53 Å². The Bertz CT molecular complexity index is 887. The van der Waals surface area contributed by atoms with E-state index < -0.39 is 0 Å². The van der Waals surface area contributed by atoms with Crippen molar-refractivity contribution in [2.24, 2.45) is 0 Å². The van der Waals surface area contributed by atoms with Gasteiger partial charge in [0, 0.05) is 0 Å². The van der Waals surface area contributed by atoms with Crippen LogP contribution in [0, 0.1) is 0 Å². The fourth-order valence-corrected chi connectivity index (χ4v) is 5.11. The first kappa shape index (κ1) is 16.1. The predicted molar refractivity (Wildman–Crippen MR) is 101 cm³/mol. The summed E-state index contributed by atoms with van der Waals surface area (Å²) < 4.78 is 5.56. The molecule has 1 heterocycles. The van der Waals surface area contributed by atoms with Crippen molar-refractivity contribution in [3.8, 4) is 16.9 Å². The molecule has 0 unspecified atom stereocenters. The van der Waals surface area contributed by atoms with Gasteiger partial charge in [0.15, 0.2) is 0 Å². The summed E-state index contributed by atoms with van der Waals surface area (Å²) in [6, 6.07) is 26.8. The molecule has 0 bridgehead atoms. The van der Waals surface area contributed by atoms with Gasteiger partial charge in [0.25, 0.3) is 0 Å². The third-order valence-electron chi connectivity index (χ3n) is 4.63. The fourth-order valence-electron chi connectivity index (χ4n) is 3.40. The minimum atomic E-state index is -0.0988. The van der Waals surface area contributed by atoms with Crippen LogP contribution >= 0.6 is 0 Å². The van der Waals surface area contributed by atoms with E-state index in [4.69, 9.17) is 4.74 Å². The number of rotatable bonds is 3. The first-order valence-electron chi connectivity index (χ1n) is 8.27. The molecule has 3 aromatic carbocycles. The van der Waals surface area contributed by atoms with E-state index in [9.17, 15) is 4.79 Å². The van der Waals surface area contributed by atoms with Crippen molar-refractivity contribution in [3.63, 3.8) is 0 Å². The van der Waals surface area contributed by atoms with E-state index in [-0.39, 0.29) is 31.7 Å². The van der Waals surface area contributed by atoms with Gasteiger partial charge in [0.05, 0.1) is 0 Å². The summed E-state index contributed by atoms with van der Waals surface area (Å²) in [5, 5.41) is 0. The third kappa shape index (κ3) is 3.02. The molecule has 3 heteroatoms. The quantitative estimate of drug-likeness (QED) is 0.358.